The molecule has 0 aliphatic rings. The molecule has 0 unspecified atom stereocenters. The fourth-order valence-corrected chi connectivity index (χ4v) is 1.54. The van der Waals surface area contributed by atoms with Gasteiger partial charge in [0.2, 0.25) is 0 Å². The van der Waals surface area contributed by atoms with Crippen LogP contribution in [0, 0.1) is 0 Å². The minimum atomic E-state index is -0.280. The Morgan fingerprint density at radius 2 is 1.50 bits per heavy atom. The van der Waals surface area contributed by atoms with E-state index in [0.29, 0.717) is 12.2 Å². The summed E-state index contributed by atoms with van der Waals surface area (Å²) in [6.07, 6.45) is 9.54. The molecule has 0 heterocycles. The summed E-state index contributed by atoms with van der Waals surface area (Å²) in [6, 6.07) is 0. The molecule has 0 bridgehead atoms. The van der Waals surface area contributed by atoms with Crippen LogP contribution in [0.15, 0.2) is 25.0 Å². The first-order valence-electron chi connectivity index (χ1n) is 6.73. The minimum Gasteiger partial charge on any atom is -0.502 e. The summed E-state index contributed by atoms with van der Waals surface area (Å²) in [6.45, 7) is 9.99. The zero-order valence-corrected chi connectivity index (χ0v) is 11.6. The van der Waals surface area contributed by atoms with Crippen LogP contribution in [0.2, 0.25) is 0 Å². The predicted octanol–water partition coefficient (Wildman–Crippen LogP) is 4.00. The van der Waals surface area contributed by atoms with E-state index in [1.165, 1.54) is 31.9 Å². The van der Waals surface area contributed by atoms with Crippen molar-refractivity contribution in [3.63, 3.8) is 0 Å². The van der Waals surface area contributed by atoms with Crippen LogP contribution in [-0.2, 0) is 14.3 Å². The largest absolute Gasteiger partial charge is 0.502 e. The van der Waals surface area contributed by atoms with E-state index in [0.717, 1.165) is 25.9 Å². The molecule has 3 nitrogen and oxygen atoms in total. The normalized spacial score (nSPS) is 9.83. The van der Waals surface area contributed by atoms with Gasteiger partial charge in [-0.25, -0.2) is 4.79 Å². The van der Waals surface area contributed by atoms with Crippen molar-refractivity contribution in [2.75, 3.05) is 13.2 Å². The maximum Gasteiger partial charge on any atom is 0.333 e. The van der Waals surface area contributed by atoms with Crippen LogP contribution >= 0.6 is 0 Å². The Balaban J connectivity index is 3.10. The van der Waals surface area contributed by atoms with Crippen molar-refractivity contribution in [1.82, 2.24) is 0 Å². The molecule has 0 saturated heterocycles. The van der Waals surface area contributed by atoms with Crippen molar-refractivity contribution < 1.29 is 14.3 Å². The van der Waals surface area contributed by atoms with Gasteiger partial charge in [0.05, 0.1) is 19.5 Å². The highest BCUT2D eigenvalue weighted by Gasteiger charge is 2.01. The van der Waals surface area contributed by atoms with Crippen LogP contribution in [-0.4, -0.2) is 19.2 Å². The second kappa shape index (κ2) is 12.2. The Morgan fingerprint density at radius 1 is 1.00 bits per heavy atom. The molecule has 0 aromatic rings. The van der Waals surface area contributed by atoms with Crippen LogP contribution in [0.4, 0.5) is 0 Å². The van der Waals surface area contributed by atoms with Gasteiger partial charge in [-0.2, -0.15) is 0 Å². The molecule has 0 amide bonds. The number of carbonyl (C=O) groups excluding carboxylic acids is 1. The quantitative estimate of drug-likeness (QED) is 0.228. The second-order valence-electron chi connectivity index (χ2n) is 4.43. The SMILES string of the molecule is C=COCCCCCCCCCOC(=O)C(=C)C. The molecule has 0 spiro atoms. The smallest absolute Gasteiger partial charge is 0.333 e. The van der Waals surface area contributed by atoms with Gasteiger partial charge >= 0.3 is 5.97 Å². The molecule has 0 aliphatic heterocycles. The molecule has 0 rings (SSSR count). The van der Waals surface area contributed by atoms with Crippen molar-refractivity contribution in [3.8, 4) is 0 Å². The van der Waals surface area contributed by atoms with E-state index in [4.69, 9.17) is 9.47 Å². The van der Waals surface area contributed by atoms with Gasteiger partial charge in [-0.3, -0.25) is 0 Å². The first-order valence-corrected chi connectivity index (χ1v) is 6.73. The van der Waals surface area contributed by atoms with Crippen molar-refractivity contribution >= 4 is 5.97 Å². The van der Waals surface area contributed by atoms with Crippen molar-refractivity contribution in [3.05, 3.63) is 25.0 Å². The molecule has 0 aromatic heterocycles. The Morgan fingerprint density at radius 3 is 2.00 bits per heavy atom. The number of carbonyl (C=O) groups is 1. The topological polar surface area (TPSA) is 35.5 Å². The van der Waals surface area contributed by atoms with E-state index in [1.807, 2.05) is 0 Å². The summed E-state index contributed by atoms with van der Waals surface area (Å²) in [5.41, 5.74) is 0.469. The van der Waals surface area contributed by atoms with Gasteiger partial charge in [-0.15, -0.1) is 0 Å². The third-order valence-corrected chi connectivity index (χ3v) is 2.61. The molecule has 0 fully saturated rings. The zero-order chi connectivity index (χ0) is 13.6. The Kier molecular flexibility index (Phi) is 11.4. The maximum atomic E-state index is 11.1. The monoisotopic (exact) mass is 254 g/mol. The first-order chi connectivity index (χ1) is 8.68. The van der Waals surface area contributed by atoms with E-state index in [-0.39, 0.29) is 5.97 Å². The van der Waals surface area contributed by atoms with Crippen LogP contribution in [0.3, 0.4) is 0 Å². The lowest BCUT2D eigenvalue weighted by Gasteiger charge is -2.04. The average molecular weight is 254 g/mol. The number of unbranched alkanes of at least 4 members (excludes halogenated alkanes) is 6. The Labute approximate surface area is 111 Å². The highest BCUT2D eigenvalue weighted by atomic mass is 16.5. The molecular formula is C15H26O3. The van der Waals surface area contributed by atoms with Crippen LogP contribution < -0.4 is 0 Å². The Bertz CT molecular complexity index is 246. The van der Waals surface area contributed by atoms with Crippen molar-refractivity contribution in [1.29, 1.82) is 0 Å². The molecule has 0 aliphatic carbocycles. The highest BCUT2D eigenvalue weighted by molar-refractivity contribution is 5.86. The second-order valence-corrected chi connectivity index (χ2v) is 4.43. The summed E-state index contributed by atoms with van der Waals surface area (Å²) in [4.78, 5) is 11.1. The number of esters is 1. The van der Waals surface area contributed by atoms with Crippen LogP contribution in [0.5, 0.6) is 0 Å². The average Bonchev–Trinajstić information content (AvgIpc) is 2.35. The first kappa shape index (κ1) is 16.8. The molecule has 0 radical (unpaired) electrons. The summed E-state index contributed by atoms with van der Waals surface area (Å²) in [5.74, 6) is -0.280. The molecular weight excluding hydrogens is 228 g/mol. The van der Waals surface area contributed by atoms with E-state index in [1.54, 1.807) is 6.92 Å². The maximum absolute atomic E-state index is 11.1. The van der Waals surface area contributed by atoms with Gasteiger partial charge in [-0.05, 0) is 19.8 Å². The molecule has 0 atom stereocenters. The lowest BCUT2D eigenvalue weighted by molar-refractivity contribution is -0.139. The van der Waals surface area contributed by atoms with Gasteiger partial charge in [0.1, 0.15) is 0 Å². The molecule has 0 aromatic carbocycles. The molecule has 18 heavy (non-hydrogen) atoms. The third kappa shape index (κ3) is 11.2. The lowest BCUT2D eigenvalue weighted by atomic mass is 10.1. The molecule has 0 N–H and O–H groups in total. The summed E-state index contributed by atoms with van der Waals surface area (Å²) in [5, 5.41) is 0. The fraction of sp³-hybridized carbons (Fsp3) is 0.667. The number of hydrogen-bond donors (Lipinski definition) is 0. The van der Waals surface area contributed by atoms with Gasteiger partial charge in [0.15, 0.2) is 0 Å². The minimum absolute atomic E-state index is 0.280. The van der Waals surface area contributed by atoms with Gasteiger partial charge in [0.25, 0.3) is 0 Å². The van der Waals surface area contributed by atoms with E-state index < -0.39 is 0 Å². The van der Waals surface area contributed by atoms with E-state index in [9.17, 15) is 4.79 Å². The van der Waals surface area contributed by atoms with Crippen LogP contribution in [0.25, 0.3) is 0 Å². The Hall–Kier alpha value is -1.25. The highest BCUT2D eigenvalue weighted by Crippen LogP contribution is 2.07. The lowest BCUT2D eigenvalue weighted by Crippen LogP contribution is -2.05. The standard InChI is InChI=1S/C15H26O3/c1-4-17-12-10-8-6-5-7-9-11-13-18-15(16)14(2)3/h4H,1-2,5-13H2,3H3. The number of rotatable bonds is 12. The number of ether oxygens (including phenoxy) is 2. The van der Waals surface area contributed by atoms with Gasteiger partial charge in [-0.1, -0.05) is 45.3 Å². The van der Waals surface area contributed by atoms with Crippen molar-refractivity contribution in [2.45, 2.75) is 51.9 Å². The molecule has 0 saturated carbocycles. The van der Waals surface area contributed by atoms with Gasteiger partial charge in [0, 0.05) is 5.57 Å². The molecule has 104 valence electrons. The molecule has 3 heteroatoms. The van der Waals surface area contributed by atoms with E-state index in [2.05, 4.69) is 13.2 Å². The fourth-order valence-electron chi connectivity index (χ4n) is 1.54. The van der Waals surface area contributed by atoms with E-state index >= 15 is 0 Å². The predicted molar refractivity (Wildman–Crippen MR) is 74.2 cm³/mol. The summed E-state index contributed by atoms with van der Waals surface area (Å²) < 4.78 is 10.1. The number of hydrogen-bond acceptors (Lipinski definition) is 3. The summed E-state index contributed by atoms with van der Waals surface area (Å²) in [7, 11) is 0. The zero-order valence-electron chi connectivity index (χ0n) is 11.6. The van der Waals surface area contributed by atoms with Crippen LogP contribution in [0.1, 0.15) is 51.9 Å². The summed E-state index contributed by atoms with van der Waals surface area (Å²) >= 11 is 0. The van der Waals surface area contributed by atoms with Crippen molar-refractivity contribution in [2.24, 2.45) is 0 Å². The third-order valence-electron chi connectivity index (χ3n) is 2.61. The van der Waals surface area contributed by atoms with Gasteiger partial charge < -0.3 is 9.47 Å².